The first-order chi connectivity index (χ1) is 9.92. The Morgan fingerprint density at radius 1 is 1.38 bits per heavy atom. The molecule has 116 valence electrons. The minimum atomic E-state index is -4.15. The van der Waals surface area contributed by atoms with E-state index in [0.717, 1.165) is 0 Å². The first-order valence-electron chi connectivity index (χ1n) is 6.17. The first kappa shape index (κ1) is 15.8. The van der Waals surface area contributed by atoms with Gasteiger partial charge in [-0.1, -0.05) is 0 Å². The van der Waals surface area contributed by atoms with Gasteiger partial charge in [0.15, 0.2) is 11.5 Å². The lowest BCUT2D eigenvalue weighted by atomic mass is 10.2. The third kappa shape index (κ3) is 3.96. The maximum Gasteiger partial charge on any atom is 0.350 e. The van der Waals surface area contributed by atoms with E-state index in [4.69, 9.17) is 26.0 Å². The number of aromatic nitrogens is 4. The van der Waals surface area contributed by atoms with Gasteiger partial charge in [-0.25, -0.2) is 15.0 Å². The number of nitrogens with two attached hydrogens (primary N) is 2. The quantitative estimate of drug-likeness (QED) is 0.387. The molecule has 11 heteroatoms. The fourth-order valence-corrected chi connectivity index (χ4v) is 2.28. The largest absolute Gasteiger partial charge is 0.382 e. The minimum absolute atomic E-state index is 0.160. The number of ether oxygens (including phenoxy) is 1. The van der Waals surface area contributed by atoms with E-state index in [0.29, 0.717) is 24.1 Å². The Labute approximate surface area is 120 Å². The highest BCUT2D eigenvalue weighted by Gasteiger charge is 2.17. The van der Waals surface area contributed by atoms with Crippen LogP contribution in [0.25, 0.3) is 11.2 Å². The van der Waals surface area contributed by atoms with Gasteiger partial charge in [-0.3, -0.25) is 4.57 Å². The molecular formula is C10H17N6O4P. The Balaban J connectivity index is 2.06. The number of hydrogen-bond acceptors (Lipinski definition) is 7. The van der Waals surface area contributed by atoms with Gasteiger partial charge in [0.1, 0.15) is 18.2 Å². The lowest BCUT2D eigenvalue weighted by molar-refractivity contribution is 0.144. The number of hydrogen-bond donors (Lipinski definition) is 4. The van der Waals surface area contributed by atoms with Gasteiger partial charge in [-0.2, -0.15) is 0 Å². The molecule has 0 saturated heterocycles. The number of nitrogen functional groups attached to an aromatic ring is 1. The average molecular weight is 316 g/mol. The Hall–Kier alpha value is -1.58. The summed E-state index contributed by atoms with van der Waals surface area (Å²) >= 11 is 0. The molecule has 0 aliphatic heterocycles. The molecule has 0 aliphatic rings. The van der Waals surface area contributed by atoms with Crippen LogP contribution < -0.4 is 11.5 Å². The van der Waals surface area contributed by atoms with Crippen molar-refractivity contribution in [1.29, 1.82) is 0 Å². The fraction of sp³-hybridized carbons (Fsp3) is 0.500. The number of fused-ring (bicyclic) bond motifs is 1. The predicted molar refractivity (Wildman–Crippen MR) is 75.3 cm³/mol. The summed E-state index contributed by atoms with van der Waals surface area (Å²) < 4.78 is 17.4. The van der Waals surface area contributed by atoms with Gasteiger partial charge in [0.05, 0.1) is 12.4 Å². The van der Waals surface area contributed by atoms with Crippen LogP contribution in [0.5, 0.6) is 0 Å². The summed E-state index contributed by atoms with van der Waals surface area (Å²) in [4.78, 5) is 29.6. The molecule has 0 spiro atoms. The Bertz CT molecular complexity index is 656. The van der Waals surface area contributed by atoms with Crippen LogP contribution in [-0.4, -0.2) is 48.8 Å². The third-order valence-corrected chi connectivity index (χ3v) is 3.43. The summed E-state index contributed by atoms with van der Waals surface area (Å²) in [6.45, 7) is 0.460. The van der Waals surface area contributed by atoms with Crippen LogP contribution in [0.2, 0.25) is 0 Å². The highest BCUT2D eigenvalue weighted by molar-refractivity contribution is 7.51. The predicted octanol–water partition coefficient (Wildman–Crippen LogP) is -0.550. The number of nitrogens with zero attached hydrogens (tertiary/aromatic N) is 4. The maximum absolute atomic E-state index is 10.7. The summed E-state index contributed by atoms with van der Waals surface area (Å²) in [5.41, 5.74) is 12.5. The molecule has 0 aromatic carbocycles. The van der Waals surface area contributed by atoms with Crippen LogP contribution in [0.1, 0.15) is 12.5 Å². The van der Waals surface area contributed by atoms with Crippen molar-refractivity contribution in [2.24, 2.45) is 5.73 Å². The molecular weight excluding hydrogens is 299 g/mol. The number of anilines is 1. The highest BCUT2D eigenvalue weighted by Crippen LogP contribution is 2.34. The maximum atomic E-state index is 10.7. The SMILES string of the molecule is NCC(CCOCP(=O)(O)O)n1cnc2c(N)ncnc21. The first-order valence-corrected chi connectivity index (χ1v) is 7.97. The van der Waals surface area contributed by atoms with E-state index in [2.05, 4.69) is 15.0 Å². The van der Waals surface area contributed by atoms with Gasteiger partial charge in [0, 0.05) is 13.2 Å². The van der Waals surface area contributed by atoms with Crippen molar-refractivity contribution < 1.29 is 19.1 Å². The smallest absolute Gasteiger partial charge is 0.350 e. The summed E-state index contributed by atoms with van der Waals surface area (Å²) in [6.07, 6.45) is 2.76. The minimum Gasteiger partial charge on any atom is -0.382 e. The van der Waals surface area contributed by atoms with E-state index >= 15 is 0 Å². The summed E-state index contributed by atoms with van der Waals surface area (Å²) in [7, 11) is -4.15. The fourth-order valence-electron chi connectivity index (χ4n) is 1.91. The lowest BCUT2D eigenvalue weighted by Gasteiger charge is -2.17. The molecule has 2 heterocycles. The van der Waals surface area contributed by atoms with Crippen molar-refractivity contribution in [2.75, 3.05) is 25.2 Å². The molecule has 1 atom stereocenters. The molecule has 0 saturated carbocycles. The van der Waals surface area contributed by atoms with E-state index in [9.17, 15) is 4.57 Å². The summed E-state index contributed by atoms with van der Waals surface area (Å²) in [5, 5.41) is 0. The third-order valence-electron chi connectivity index (χ3n) is 2.91. The molecule has 2 aromatic heterocycles. The van der Waals surface area contributed by atoms with Crippen LogP contribution in [-0.2, 0) is 9.30 Å². The Kier molecular flexibility index (Phi) is 4.86. The van der Waals surface area contributed by atoms with Gasteiger partial charge in [-0.05, 0) is 6.42 Å². The van der Waals surface area contributed by atoms with Crippen molar-refractivity contribution in [1.82, 2.24) is 19.5 Å². The molecule has 21 heavy (non-hydrogen) atoms. The van der Waals surface area contributed by atoms with Crippen LogP contribution in [0.15, 0.2) is 12.7 Å². The summed E-state index contributed by atoms with van der Waals surface area (Å²) in [5.74, 6) is 0.285. The molecule has 0 radical (unpaired) electrons. The van der Waals surface area contributed by atoms with E-state index in [1.807, 2.05) is 0 Å². The molecule has 0 fully saturated rings. The van der Waals surface area contributed by atoms with Gasteiger partial charge in [0.2, 0.25) is 0 Å². The zero-order valence-electron chi connectivity index (χ0n) is 11.2. The number of imidazole rings is 1. The van der Waals surface area contributed by atoms with Crippen molar-refractivity contribution in [2.45, 2.75) is 12.5 Å². The zero-order chi connectivity index (χ0) is 15.5. The summed E-state index contributed by atoms with van der Waals surface area (Å²) in [6, 6.07) is -0.166. The molecule has 0 amide bonds. The molecule has 10 nitrogen and oxygen atoms in total. The van der Waals surface area contributed by atoms with Crippen LogP contribution in [0, 0.1) is 0 Å². The average Bonchev–Trinajstić information content (AvgIpc) is 2.83. The van der Waals surface area contributed by atoms with E-state index in [1.54, 1.807) is 10.9 Å². The molecule has 2 rings (SSSR count). The van der Waals surface area contributed by atoms with Crippen molar-refractivity contribution in [3.63, 3.8) is 0 Å². The van der Waals surface area contributed by atoms with Crippen molar-refractivity contribution in [3.8, 4) is 0 Å². The monoisotopic (exact) mass is 316 g/mol. The Morgan fingerprint density at radius 2 is 2.14 bits per heavy atom. The normalized spacial score (nSPS) is 13.7. The van der Waals surface area contributed by atoms with Crippen LogP contribution >= 0.6 is 7.60 Å². The standard InChI is InChI=1S/C10H17N6O4P/c11-3-7(1-2-20-6-21(17,18)19)16-5-15-8-9(12)13-4-14-10(8)16/h4-5,7H,1-3,6,11H2,(H2,12,13,14)(H2,17,18,19). The van der Waals surface area contributed by atoms with E-state index in [-0.39, 0.29) is 18.5 Å². The molecule has 2 aromatic rings. The second kappa shape index (κ2) is 6.46. The second-order valence-electron chi connectivity index (χ2n) is 4.46. The number of rotatable bonds is 7. The van der Waals surface area contributed by atoms with Crippen LogP contribution in [0.4, 0.5) is 5.82 Å². The molecule has 0 bridgehead atoms. The van der Waals surface area contributed by atoms with Gasteiger partial charge >= 0.3 is 7.60 Å². The lowest BCUT2D eigenvalue weighted by Crippen LogP contribution is -2.21. The topological polar surface area (TPSA) is 162 Å². The van der Waals surface area contributed by atoms with Gasteiger partial charge in [-0.15, -0.1) is 0 Å². The Morgan fingerprint density at radius 3 is 2.81 bits per heavy atom. The molecule has 6 N–H and O–H groups in total. The van der Waals surface area contributed by atoms with Crippen molar-refractivity contribution >= 4 is 24.6 Å². The van der Waals surface area contributed by atoms with Gasteiger partial charge < -0.3 is 30.6 Å². The molecule has 0 aliphatic carbocycles. The highest BCUT2D eigenvalue weighted by atomic mass is 31.2. The second-order valence-corrected chi connectivity index (χ2v) is 6.05. The van der Waals surface area contributed by atoms with E-state index < -0.39 is 13.9 Å². The van der Waals surface area contributed by atoms with Crippen molar-refractivity contribution in [3.05, 3.63) is 12.7 Å². The van der Waals surface area contributed by atoms with E-state index in [1.165, 1.54) is 6.33 Å². The zero-order valence-corrected chi connectivity index (χ0v) is 12.1. The molecule has 1 unspecified atom stereocenters. The van der Waals surface area contributed by atoms with Crippen LogP contribution in [0.3, 0.4) is 0 Å². The van der Waals surface area contributed by atoms with Gasteiger partial charge in [0.25, 0.3) is 0 Å².